The number of likely N-dealkylation sites (tertiary alicyclic amines) is 1. The fourth-order valence-corrected chi connectivity index (χ4v) is 4.05. The van der Waals surface area contributed by atoms with Crippen molar-refractivity contribution in [2.75, 3.05) is 33.4 Å². The maximum atomic E-state index is 12.9. The van der Waals surface area contributed by atoms with Crippen LogP contribution in [0, 0.1) is 18.8 Å². The first-order chi connectivity index (χ1) is 11.7. The van der Waals surface area contributed by atoms with Crippen LogP contribution >= 0.6 is 0 Å². The van der Waals surface area contributed by atoms with Gasteiger partial charge in [0.05, 0.1) is 12.7 Å². The molecule has 0 spiro atoms. The summed E-state index contributed by atoms with van der Waals surface area (Å²) in [6, 6.07) is 7.79. The number of benzene rings is 1. The van der Waals surface area contributed by atoms with E-state index < -0.39 is 0 Å². The number of nitrogens with zero attached hydrogens (tertiary/aromatic N) is 1. The lowest BCUT2D eigenvalue weighted by Gasteiger charge is -2.19. The van der Waals surface area contributed by atoms with Crippen molar-refractivity contribution >= 4 is 16.9 Å². The molecule has 5 heteroatoms. The molecule has 2 aliphatic heterocycles. The largest absolute Gasteiger partial charge is 0.451 e. The molecule has 2 saturated heterocycles. The van der Waals surface area contributed by atoms with Crippen molar-refractivity contribution in [1.29, 1.82) is 0 Å². The minimum atomic E-state index is -0.0211. The lowest BCUT2D eigenvalue weighted by Crippen LogP contribution is -2.31. The maximum absolute atomic E-state index is 12.9. The Morgan fingerprint density at radius 3 is 2.96 bits per heavy atom. The third kappa shape index (κ3) is 2.52. The van der Waals surface area contributed by atoms with E-state index in [1.807, 2.05) is 36.1 Å². The van der Waals surface area contributed by atoms with E-state index in [4.69, 9.17) is 13.9 Å². The Labute approximate surface area is 141 Å². The first-order valence-corrected chi connectivity index (χ1v) is 8.57. The fraction of sp³-hybridized carbons (Fsp3) is 0.526. The number of para-hydroxylation sites is 1. The smallest absolute Gasteiger partial charge is 0.289 e. The highest BCUT2D eigenvalue weighted by Gasteiger charge is 2.45. The van der Waals surface area contributed by atoms with Crippen molar-refractivity contribution < 1.29 is 18.7 Å². The molecule has 2 aliphatic rings. The number of carbonyl (C=O) groups is 1. The molecule has 1 aromatic carbocycles. The van der Waals surface area contributed by atoms with Gasteiger partial charge in [0.2, 0.25) is 0 Å². The quantitative estimate of drug-likeness (QED) is 0.865. The molecule has 0 N–H and O–H groups in total. The van der Waals surface area contributed by atoms with Crippen molar-refractivity contribution in [2.45, 2.75) is 19.4 Å². The molecule has 4 rings (SSSR count). The van der Waals surface area contributed by atoms with Gasteiger partial charge in [-0.05, 0) is 25.3 Å². The van der Waals surface area contributed by atoms with Crippen molar-refractivity contribution in [3.63, 3.8) is 0 Å². The second-order valence-corrected chi connectivity index (χ2v) is 6.84. The van der Waals surface area contributed by atoms with Gasteiger partial charge in [-0.15, -0.1) is 0 Å². The molecular weight excluding hydrogens is 306 g/mol. The molecule has 3 atom stereocenters. The summed E-state index contributed by atoms with van der Waals surface area (Å²) < 4.78 is 16.9. The van der Waals surface area contributed by atoms with Crippen molar-refractivity contribution in [3.8, 4) is 0 Å². The number of rotatable bonds is 4. The van der Waals surface area contributed by atoms with E-state index in [0.29, 0.717) is 24.1 Å². The molecule has 24 heavy (non-hydrogen) atoms. The highest BCUT2D eigenvalue weighted by atomic mass is 16.5. The van der Waals surface area contributed by atoms with Gasteiger partial charge >= 0.3 is 0 Å². The molecular formula is C19H23NO4. The van der Waals surface area contributed by atoms with Crippen LogP contribution in [0.1, 0.15) is 22.5 Å². The summed E-state index contributed by atoms with van der Waals surface area (Å²) in [6.07, 6.45) is 1.14. The molecule has 2 fully saturated rings. The molecule has 2 aromatic rings. The first kappa shape index (κ1) is 15.7. The topological polar surface area (TPSA) is 51.9 Å². The summed E-state index contributed by atoms with van der Waals surface area (Å²) >= 11 is 0. The first-order valence-electron chi connectivity index (χ1n) is 8.57. The Balaban J connectivity index is 1.52. The molecule has 0 bridgehead atoms. The Morgan fingerprint density at radius 2 is 2.17 bits per heavy atom. The number of hydrogen-bond donors (Lipinski definition) is 0. The van der Waals surface area contributed by atoms with Crippen LogP contribution in [0.2, 0.25) is 0 Å². The van der Waals surface area contributed by atoms with Gasteiger partial charge in [0, 0.05) is 43.7 Å². The van der Waals surface area contributed by atoms with Crippen LogP contribution in [0.25, 0.3) is 11.0 Å². The van der Waals surface area contributed by atoms with Crippen LogP contribution in [-0.4, -0.2) is 50.3 Å². The third-order valence-electron chi connectivity index (χ3n) is 5.46. The average Bonchev–Trinajstić information content (AvgIpc) is 3.26. The van der Waals surface area contributed by atoms with Gasteiger partial charge in [0.25, 0.3) is 5.91 Å². The van der Waals surface area contributed by atoms with Gasteiger partial charge in [-0.3, -0.25) is 4.79 Å². The van der Waals surface area contributed by atoms with Crippen LogP contribution in [0.4, 0.5) is 0 Å². The summed E-state index contributed by atoms with van der Waals surface area (Å²) in [5.74, 6) is 1.33. The van der Waals surface area contributed by atoms with Crippen LogP contribution in [-0.2, 0) is 9.47 Å². The molecule has 1 amide bonds. The number of furan rings is 1. The van der Waals surface area contributed by atoms with Gasteiger partial charge in [-0.2, -0.15) is 0 Å². The normalized spacial score (nSPS) is 26.2. The van der Waals surface area contributed by atoms with Gasteiger partial charge in [-0.25, -0.2) is 0 Å². The lowest BCUT2D eigenvalue weighted by molar-refractivity contribution is 0.0642. The third-order valence-corrected chi connectivity index (χ3v) is 5.46. The number of methoxy groups -OCH3 is 1. The van der Waals surface area contributed by atoms with E-state index in [-0.39, 0.29) is 12.0 Å². The van der Waals surface area contributed by atoms with Crippen molar-refractivity contribution in [2.24, 2.45) is 11.8 Å². The number of aryl methyl sites for hydroxylation is 1. The Hall–Kier alpha value is -1.85. The van der Waals surface area contributed by atoms with Crippen molar-refractivity contribution in [1.82, 2.24) is 4.90 Å². The van der Waals surface area contributed by atoms with Crippen LogP contribution in [0.5, 0.6) is 0 Å². The molecule has 0 radical (unpaired) electrons. The highest BCUT2D eigenvalue weighted by molar-refractivity contribution is 5.99. The van der Waals surface area contributed by atoms with Crippen LogP contribution in [0.15, 0.2) is 28.7 Å². The minimum absolute atomic E-state index is 0.0211. The summed E-state index contributed by atoms with van der Waals surface area (Å²) in [5, 5.41) is 1.01. The molecule has 0 unspecified atom stereocenters. The Morgan fingerprint density at radius 1 is 1.33 bits per heavy atom. The number of ether oxygens (including phenoxy) is 2. The zero-order valence-electron chi connectivity index (χ0n) is 14.2. The predicted octanol–water partition coefficient (Wildman–Crippen LogP) is 2.86. The van der Waals surface area contributed by atoms with Crippen molar-refractivity contribution in [3.05, 3.63) is 35.6 Å². The number of amides is 1. The van der Waals surface area contributed by atoms with Crippen LogP contribution in [0.3, 0.4) is 0 Å². The van der Waals surface area contributed by atoms with E-state index >= 15 is 0 Å². The van der Waals surface area contributed by atoms with Crippen LogP contribution < -0.4 is 0 Å². The molecule has 5 nitrogen and oxygen atoms in total. The summed E-state index contributed by atoms with van der Waals surface area (Å²) in [5.41, 5.74) is 1.69. The lowest BCUT2D eigenvalue weighted by atomic mass is 9.91. The predicted molar refractivity (Wildman–Crippen MR) is 90.1 cm³/mol. The molecule has 0 saturated carbocycles. The standard InChI is InChI=1S/C19H23NO4/c1-12-14-5-3-4-6-16(14)24-18(12)19(21)20-9-15-13(7-8-22-2)11-23-17(15)10-20/h3-6,13,15,17H,7-11H2,1-2H3/t13-,15-,17-/m0/s1. The number of fused-ring (bicyclic) bond motifs is 2. The molecule has 1 aromatic heterocycles. The number of hydrogen-bond acceptors (Lipinski definition) is 4. The summed E-state index contributed by atoms with van der Waals surface area (Å²) in [7, 11) is 1.72. The second kappa shape index (κ2) is 6.22. The molecule has 3 heterocycles. The van der Waals surface area contributed by atoms with E-state index in [1.165, 1.54) is 0 Å². The average molecular weight is 329 g/mol. The van der Waals surface area contributed by atoms with E-state index in [2.05, 4.69) is 0 Å². The molecule has 0 aliphatic carbocycles. The van der Waals surface area contributed by atoms with E-state index in [9.17, 15) is 4.79 Å². The second-order valence-electron chi connectivity index (χ2n) is 6.84. The summed E-state index contributed by atoms with van der Waals surface area (Å²) in [6.45, 7) is 4.88. The zero-order chi connectivity index (χ0) is 16.7. The maximum Gasteiger partial charge on any atom is 0.289 e. The van der Waals surface area contributed by atoms with Gasteiger partial charge < -0.3 is 18.8 Å². The summed E-state index contributed by atoms with van der Waals surface area (Å²) in [4.78, 5) is 14.8. The SMILES string of the molecule is COCC[C@H]1CO[C@H]2CN(C(=O)c3oc4ccccc4c3C)C[C@@H]12. The highest BCUT2D eigenvalue weighted by Crippen LogP contribution is 2.36. The van der Waals surface area contributed by atoms with Gasteiger partial charge in [-0.1, -0.05) is 18.2 Å². The van der Waals surface area contributed by atoms with E-state index in [1.54, 1.807) is 7.11 Å². The number of carbonyl (C=O) groups excluding carboxylic acids is 1. The fourth-order valence-electron chi connectivity index (χ4n) is 4.05. The minimum Gasteiger partial charge on any atom is -0.451 e. The Bertz CT molecular complexity index is 753. The van der Waals surface area contributed by atoms with Gasteiger partial charge in [0.1, 0.15) is 5.58 Å². The van der Waals surface area contributed by atoms with Gasteiger partial charge in [0.15, 0.2) is 5.76 Å². The zero-order valence-corrected chi connectivity index (χ0v) is 14.2. The van der Waals surface area contributed by atoms with E-state index in [0.717, 1.165) is 42.7 Å². The monoisotopic (exact) mass is 329 g/mol. The Kier molecular flexibility index (Phi) is 4.06. The molecule has 128 valence electrons.